The highest BCUT2D eigenvalue weighted by molar-refractivity contribution is 7.16. The average molecular weight is 537 g/mol. The van der Waals surface area contributed by atoms with Crippen LogP contribution in [0.25, 0.3) is 10.4 Å². The van der Waals surface area contributed by atoms with E-state index in [1.165, 1.54) is 53.3 Å². The Hall–Kier alpha value is -2.25. The molecule has 1 aromatic carbocycles. The molecule has 7 heteroatoms. The minimum atomic E-state index is -0.250. The van der Waals surface area contributed by atoms with E-state index in [2.05, 4.69) is 44.1 Å². The molecule has 0 bridgehead atoms. The summed E-state index contributed by atoms with van der Waals surface area (Å²) in [6.45, 7) is 12.6. The molecule has 2 aromatic rings. The van der Waals surface area contributed by atoms with Gasteiger partial charge in [0.1, 0.15) is 12.1 Å². The predicted molar refractivity (Wildman–Crippen MR) is 157 cm³/mol. The van der Waals surface area contributed by atoms with Crippen LogP contribution in [0, 0.1) is 30.5 Å². The third-order valence-electron chi connectivity index (χ3n) is 6.39. The molecular weight excluding hydrogens is 487 g/mol. The zero-order valence-corrected chi connectivity index (χ0v) is 24.7. The Morgan fingerprint density at radius 1 is 1.16 bits per heavy atom. The number of benzene rings is 1. The molecule has 0 saturated heterocycles. The van der Waals surface area contributed by atoms with Crippen LogP contribution in [-0.4, -0.2) is 45.0 Å². The van der Waals surface area contributed by atoms with Gasteiger partial charge in [0.25, 0.3) is 6.47 Å². The van der Waals surface area contributed by atoms with E-state index in [4.69, 9.17) is 9.90 Å². The Bertz CT molecular complexity index is 849. The fraction of sp³-hybridized carbons (Fsp3) is 0.600. The molecule has 0 aliphatic heterocycles. The second-order valence-electron chi connectivity index (χ2n) is 9.55. The van der Waals surface area contributed by atoms with Crippen molar-refractivity contribution in [2.45, 2.75) is 73.1 Å². The lowest BCUT2D eigenvalue weighted by molar-refractivity contribution is -0.122. The van der Waals surface area contributed by atoms with Crippen molar-refractivity contribution < 1.29 is 19.1 Å². The number of hydrogen-bond acceptors (Lipinski definition) is 5. The van der Waals surface area contributed by atoms with Crippen molar-refractivity contribution in [3.05, 3.63) is 41.0 Å². The van der Waals surface area contributed by atoms with Crippen molar-refractivity contribution in [1.29, 1.82) is 0 Å². The van der Waals surface area contributed by atoms with E-state index < -0.39 is 0 Å². The van der Waals surface area contributed by atoms with Crippen LogP contribution in [0.1, 0.15) is 71.1 Å². The van der Waals surface area contributed by atoms with Crippen molar-refractivity contribution in [3.8, 4) is 10.4 Å². The minimum Gasteiger partial charge on any atom is -0.483 e. The van der Waals surface area contributed by atoms with Gasteiger partial charge in [0.15, 0.2) is 0 Å². The van der Waals surface area contributed by atoms with E-state index in [1.807, 2.05) is 33.0 Å². The largest absolute Gasteiger partial charge is 0.483 e. The molecule has 37 heavy (non-hydrogen) atoms. The molecule has 0 radical (unpaired) electrons. The predicted octanol–water partition coefficient (Wildman–Crippen LogP) is 7.67. The zero-order chi connectivity index (χ0) is 28.2. The second-order valence-corrected chi connectivity index (χ2v) is 10.8. The summed E-state index contributed by atoms with van der Waals surface area (Å²) in [7, 11) is 4.17. The van der Waals surface area contributed by atoms with Gasteiger partial charge in [-0.15, -0.1) is 11.3 Å². The summed E-state index contributed by atoms with van der Waals surface area (Å²) in [4.78, 5) is 23.5. The topological polar surface area (TPSA) is 69.6 Å². The first-order valence-electron chi connectivity index (χ1n) is 13.5. The number of thiophene rings is 1. The summed E-state index contributed by atoms with van der Waals surface area (Å²) < 4.78 is 13.1. The van der Waals surface area contributed by atoms with Crippen LogP contribution < -0.4 is 10.2 Å². The standard InChI is InChI=1S/C19H27FN2S.C8H14O.C2H6.CH2O2/c1-14(6-5-11-21-3)13-22(4)18-12-19(23-15(18)2)16-7-9-17(20)10-8-16;1-7-2-4-8(6-9)5-3-7;1-2;2-1-3/h7-10,12,14,21H,5-6,11,13H2,1-4H3;6-8H,2-5H2,1H3;1-2H3;1H,(H,2,3). The SMILES string of the molecule is CC.CC1CCC(C=O)CC1.CNCCCC(C)CN(C)c1cc(-c2ccc(F)cc2)sc1C.O=CO. The number of anilines is 1. The minimum absolute atomic E-state index is 0.185. The second kappa shape index (κ2) is 20.8. The Balaban J connectivity index is 0.000000764. The van der Waals surface area contributed by atoms with E-state index in [9.17, 15) is 9.18 Å². The number of aryl methyl sites for hydroxylation is 1. The summed E-state index contributed by atoms with van der Waals surface area (Å²) in [5.74, 6) is 1.74. The van der Waals surface area contributed by atoms with Crippen molar-refractivity contribution in [1.82, 2.24) is 5.32 Å². The van der Waals surface area contributed by atoms with Crippen LogP contribution in [0.15, 0.2) is 30.3 Å². The molecule has 210 valence electrons. The number of aldehydes is 1. The molecule has 0 spiro atoms. The quantitative estimate of drug-likeness (QED) is 0.254. The highest BCUT2D eigenvalue weighted by Gasteiger charge is 2.16. The number of carbonyl (C=O) groups excluding carboxylic acids is 1. The summed E-state index contributed by atoms with van der Waals surface area (Å²) in [6.07, 6.45) is 8.34. The number of nitrogens with zero attached hydrogens (tertiary/aromatic N) is 1. The molecule has 2 N–H and O–H groups in total. The van der Waals surface area contributed by atoms with Gasteiger partial charge >= 0.3 is 0 Å². The van der Waals surface area contributed by atoms with Crippen LogP contribution in [0.2, 0.25) is 0 Å². The fourth-order valence-corrected chi connectivity index (χ4v) is 5.39. The van der Waals surface area contributed by atoms with Crippen LogP contribution >= 0.6 is 11.3 Å². The first-order chi connectivity index (χ1) is 17.7. The van der Waals surface area contributed by atoms with Gasteiger partial charge < -0.3 is 20.1 Å². The Morgan fingerprint density at radius 3 is 2.24 bits per heavy atom. The highest BCUT2D eigenvalue weighted by atomic mass is 32.1. The van der Waals surface area contributed by atoms with Gasteiger partial charge in [0.05, 0.1) is 5.69 Å². The van der Waals surface area contributed by atoms with Crippen LogP contribution in [0.4, 0.5) is 10.1 Å². The van der Waals surface area contributed by atoms with E-state index >= 15 is 0 Å². The zero-order valence-electron chi connectivity index (χ0n) is 23.9. The van der Waals surface area contributed by atoms with E-state index in [0.717, 1.165) is 43.7 Å². The summed E-state index contributed by atoms with van der Waals surface area (Å²) in [6, 6.07) is 8.98. The van der Waals surface area contributed by atoms with Crippen LogP contribution in [-0.2, 0) is 9.59 Å². The molecule has 1 aromatic heterocycles. The smallest absolute Gasteiger partial charge is 0.290 e. The van der Waals surface area contributed by atoms with E-state index in [-0.39, 0.29) is 12.3 Å². The molecule has 1 saturated carbocycles. The molecule has 1 unspecified atom stereocenters. The molecular formula is C30H49FN2O3S. The maximum Gasteiger partial charge on any atom is 0.290 e. The monoisotopic (exact) mass is 536 g/mol. The van der Waals surface area contributed by atoms with Crippen molar-refractivity contribution >= 4 is 29.8 Å². The lowest BCUT2D eigenvalue weighted by Gasteiger charge is -2.23. The number of rotatable bonds is 9. The molecule has 1 atom stereocenters. The molecule has 1 heterocycles. The van der Waals surface area contributed by atoms with Crippen LogP contribution in [0.3, 0.4) is 0 Å². The molecule has 3 rings (SSSR count). The number of nitrogens with one attached hydrogen (secondary N) is 1. The first kappa shape index (κ1) is 34.8. The fourth-order valence-electron chi connectivity index (χ4n) is 4.31. The van der Waals surface area contributed by atoms with Crippen molar-refractivity contribution in [3.63, 3.8) is 0 Å². The first-order valence-corrected chi connectivity index (χ1v) is 14.3. The number of halogens is 1. The average Bonchev–Trinajstić information content (AvgIpc) is 3.29. The number of carbonyl (C=O) groups is 2. The summed E-state index contributed by atoms with van der Waals surface area (Å²) in [5.41, 5.74) is 2.37. The molecule has 1 fully saturated rings. The van der Waals surface area contributed by atoms with E-state index in [1.54, 1.807) is 11.3 Å². The summed E-state index contributed by atoms with van der Waals surface area (Å²) >= 11 is 1.78. The Kier molecular flexibility index (Phi) is 19.5. The molecule has 5 nitrogen and oxygen atoms in total. The third kappa shape index (κ3) is 14.3. The van der Waals surface area contributed by atoms with Gasteiger partial charge in [-0.3, -0.25) is 4.79 Å². The van der Waals surface area contributed by atoms with Crippen LogP contribution in [0.5, 0.6) is 0 Å². The van der Waals surface area contributed by atoms with Gasteiger partial charge in [-0.05, 0) is 81.8 Å². The molecule has 1 aliphatic rings. The van der Waals surface area contributed by atoms with Gasteiger partial charge in [0.2, 0.25) is 0 Å². The van der Waals surface area contributed by atoms with Crippen molar-refractivity contribution in [2.24, 2.45) is 17.8 Å². The highest BCUT2D eigenvalue weighted by Crippen LogP contribution is 2.36. The van der Waals surface area contributed by atoms with Gasteiger partial charge in [-0.2, -0.15) is 0 Å². The van der Waals surface area contributed by atoms with E-state index in [0.29, 0.717) is 11.8 Å². The van der Waals surface area contributed by atoms with Crippen molar-refractivity contribution in [2.75, 3.05) is 32.1 Å². The van der Waals surface area contributed by atoms with Gasteiger partial charge in [0, 0.05) is 29.3 Å². The molecule has 1 aliphatic carbocycles. The summed E-state index contributed by atoms with van der Waals surface area (Å²) in [5, 5.41) is 10.1. The Labute approximate surface area is 228 Å². The van der Waals surface area contributed by atoms with Gasteiger partial charge in [-0.25, -0.2) is 4.39 Å². The lowest BCUT2D eigenvalue weighted by Crippen LogP contribution is -2.24. The lowest BCUT2D eigenvalue weighted by atomic mass is 9.84. The molecule has 0 amide bonds. The third-order valence-corrected chi connectivity index (χ3v) is 7.48. The maximum atomic E-state index is 13.1. The normalized spacial score (nSPS) is 17.0. The Morgan fingerprint density at radius 2 is 1.73 bits per heavy atom. The maximum absolute atomic E-state index is 13.1. The van der Waals surface area contributed by atoms with Gasteiger partial charge in [-0.1, -0.05) is 52.7 Å². The number of carboxylic acid groups (broad SMARTS) is 1. The number of hydrogen-bond donors (Lipinski definition) is 2.